The Kier molecular flexibility index (Phi) is 2.64. The molecule has 0 amide bonds. The van der Waals surface area contributed by atoms with Crippen molar-refractivity contribution < 1.29 is 9.35 Å². The van der Waals surface area contributed by atoms with E-state index >= 15 is 0 Å². The first-order valence-electron chi connectivity index (χ1n) is 5.55. The van der Waals surface area contributed by atoms with E-state index in [1.54, 1.807) is 6.92 Å². The zero-order valence-electron chi connectivity index (χ0n) is 9.82. The number of rotatable bonds is 3. The molecule has 2 fully saturated rings. The summed E-state index contributed by atoms with van der Waals surface area (Å²) in [5.41, 5.74) is 0. The number of carbonyl (C=O) groups is 1. The second-order valence-corrected chi connectivity index (χ2v) is 7.75. The topological polar surface area (TPSA) is 43.1 Å². The van der Waals surface area contributed by atoms with E-state index in [4.69, 9.17) is 0 Å². The number of nitrogens with zero attached hydrogens (tertiary/aromatic N) is 1. The highest BCUT2D eigenvalue weighted by molar-refractivity contribution is 7.90. The minimum absolute atomic E-state index is 0.0578. The number of hydrogen-bond acceptors (Lipinski definition) is 3. The van der Waals surface area contributed by atoms with Crippen molar-refractivity contribution in [3.8, 4) is 0 Å². The number of hydrogen-bond donors (Lipinski definition) is 0. The first kappa shape index (κ1) is 11.4. The first-order valence-corrected chi connectivity index (χ1v) is 6.65. The van der Waals surface area contributed by atoms with E-state index in [0.29, 0.717) is 5.92 Å². The molecule has 0 aromatic rings. The molecule has 0 radical (unpaired) electrons. The fourth-order valence-electron chi connectivity index (χ4n) is 2.08. The Morgan fingerprint density at radius 1 is 1.40 bits per heavy atom. The largest absolute Gasteiger partial charge is 0.597 e. The standard InChI is InChI=1S/C11H19NO2S/c1-7(13)9-10(8-5-6-8)12(9)15(14)11(2,3)4/h8-10H,5-6H2,1-4H3/t9-,10+,12?,15+/m0/s1. The summed E-state index contributed by atoms with van der Waals surface area (Å²) in [4.78, 5) is 11.4. The average Bonchev–Trinajstić information content (AvgIpc) is 2.94. The van der Waals surface area contributed by atoms with Crippen LogP contribution in [0.5, 0.6) is 0 Å². The molecule has 1 unspecified atom stereocenters. The van der Waals surface area contributed by atoms with Crippen molar-refractivity contribution in [1.29, 1.82) is 0 Å². The van der Waals surface area contributed by atoms with Crippen LogP contribution in [0.2, 0.25) is 0 Å². The lowest BCUT2D eigenvalue weighted by Gasteiger charge is -2.24. The molecule has 1 saturated heterocycles. The van der Waals surface area contributed by atoms with Gasteiger partial charge < -0.3 is 4.55 Å². The summed E-state index contributed by atoms with van der Waals surface area (Å²) in [7, 11) is 0. The van der Waals surface area contributed by atoms with Gasteiger partial charge in [-0.15, -0.1) is 4.31 Å². The van der Waals surface area contributed by atoms with Crippen LogP contribution < -0.4 is 0 Å². The van der Waals surface area contributed by atoms with Crippen LogP contribution in [0, 0.1) is 5.92 Å². The summed E-state index contributed by atoms with van der Waals surface area (Å²) in [5, 5.41) is 0. The van der Waals surface area contributed by atoms with Crippen LogP contribution in [-0.4, -0.2) is 31.5 Å². The van der Waals surface area contributed by atoms with Crippen LogP contribution in [0.25, 0.3) is 0 Å². The molecule has 0 N–H and O–H groups in total. The van der Waals surface area contributed by atoms with Crippen molar-refractivity contribution in [3.63, 3.8) is 0 Å². The lowest BCUT2D eigenvalue weighted by atomic mass is 10.2. The maximum absolute atomic E-state index is 12.2. The van der Waals surface area contributed by atoms with Gasteiger partial charge in [0.05, 0.1) is 6.04 Å². The fourth-order valence-corrected chi connectivity index (χ4v) is 3.65. The quantitative estimate of drug-likeness (QED) is 0.544. The Labute approximate surface area is 94.5 Å². The molecule has 0 aromatic carbocycles. The zero-order chi connectivity index (χ0) is 11.4. The third-order valence-corrected chi connectivity index (χ3v) is 4.94. The van der Waals surface area contributed by atoms with Gasteiger partial charge in [-0.25, -0.2) is 0 Å². The normalized spacial score (nSPS) is 37.5. The highest BCUT2D eigenvalue weighted by Crippen LogP contribution is 2.50. The van der Waals surface area contributed by atoms with Crippen molar-refractivity contribution in [3.05, 3.63) is 0 Å². The van der Waals surface area contributed by atoms with Gasteiger partial charge in [-0.05, 0) is 46.5 Å². The van der Waals surface area contributed by atoms with Gasteiger partial charge in [-0.1, -0.05) is 0 Å². The number of Topliss-reactive ketones (excluding diaryl/α,β-unsaturated/α-hetero) is 1. The molecule has 2 rings (SSSR count). The van der Waals surface area contributed by atoms with Crippen molar-refractivity contribution in [2.24, 2.45) is 5.92 Å². The predicted octanol–water partition coefficient (Wildman–Crippen LogP) is 1.50. The molecule has 1 heterocycles. The van der Waals surface area contributed by atoms with E-state index in [1.165, 1.54) is 12.8 Å². The Balaban J connectivity index is 2.06. The number of ketones is 1. The summed E-state index contributed by atoms with van der Waals surface area (Å²) in [6.45, 7) is 7.49. The van der Waals surface area contributed by atoms with Crippen LogP contribution in [0.15, 0.2) is 0 Å². The second-order valence-electron chi connectivity index (χ2n) is 5.60. The second kappa shape index (κ2) is 3.47. The maximum atomic E-state index is 12.2. The van der Waals surface area contributed by atoms with Crippen LogP contribution >= 0.6 is 0 Å². The molecule has 0 bridgehead atoms. The summed E-state index contributed by atoms with van der Waals surface area (Å²) in [6, 6.07) is 0.222. The van der Waals surface area contributed by atoms with Crippen LogP contribution in [-0.2, 0) is 16.2 Å². The molecule has 4 heteroatoms. The molecule has 15 heavy (non-hydrogen) atoms. The predicted molar refractivity (Wildman–Crippen MR) is 60.7 cm³/mol. The van der Waals surface area contributed by atoms with Gasteiger partial charge >= 0.3 is 0 Å². The fraction of sp³-hybridized carbons (Fsp3) is 0.909. The van der Waals surface area contributed by atoms with Gasteiger partial charge in [-0.2, -0.15) is 0 Å². The monoisotopic (exact) mass is 229 g/mol. The van der Waals surface area contributed by atoms with Gasteiger partial charge in [0.25, 0.3) is 0 Å². The third kappa shape index (κ3) is 2.08. The molecule has 0 spiro atoms. The highest BCUT2D eigenvalue weighted by Gasteiger charge is 2.65. The Morgan fingerprint density at radius 2 is 1.93 bits per heavy atom. The lowest BCUT2D eigenvalue weighted by Crippen LogP contribution is -2.35. The highest BCUT2D eigenvalue weighted by atomic mass is 32.2. The summed E-state index contributed by atoms with van der Waals surface area (Å²) >= 11 is -1.03. The SMILES string of the molecule is CC(=O)[C@H]1[C@@H](C2CC2)N1[S@+]([O-])C(C)(C)C. The molecule has 1 aliphatic carbocycles. The third-order valence-electron chi connectivity index (χ3n) is 3.04. The molecule has 1 saturated carbocycles. The first-order chi connectivity index (χ1) is 6.84. The smallest absolute Gasteiger partial charge is 0.153 e. The molecular formula is C11H19NO2S. The Morgan fingerprint density at radius 3 is 2.27 bits per heavy atom. The lowest BCUT2D eigenvalue weighted by molar-refractivity contribution is -0.117. The van der Waals surface area contributed by atoms with E-state index in [2.05, 4.69) is 0 Å². The molecule has 4 atom stereocenters. The zero-order valence-corrected chi connectivity index (χ0v) is 10.6. The number of carbonyl (C=O) groups excluding carboxylic acids is 1. The van der Waals surface area contributed by atoms with Crippen molar-refractivity contribution in [2.75, 3.05) is 0 Å². The molecule has 1 aliphatic heterocycles. The van der Waals surface area contributed by atoms with E-state index in [0.717, 1.165) is 0 Å². The Bertz CT molecular complexity index is 283. The van der Waals surface area contributed by atoms with Gasteiger partial charge in [0.15, 0.2) is 5.78 Å². The summed E-state index contributed by atoms with van der Waals surface area (Å²) < 4.78 is 13.8. The summed E-state index contributed by atoms with van der Waals surface area (Å²) in [6.07, 6.45) is 2.40. The van der Waals surface area contributed by atoms with E-state index in [9.17, 15) is 9.35 Å². The molecular weight excluding hydrogens is 210 g/mol. The van der Waals surface area contributed by atoms with Crippen LogP contribution in [0.3, 0.4) is 0 Å². The molecule has 0 aromatic heterocycles. The van der Waals surface area contributed by atoms with Crippen molar-refractivity contribution in [1.82, 2.24) is 4.31 Å². The average molecular weight is 229 g/mol. The van der Waals surface area contributed by atoms with Crippen molar-refractivity contribution >= 4 is 17.1 Å². The maximum Gasteiger partial charge on any atom is 0.153 e. The minimum atomic E-state index is -1.03. The van der Waals surface area contributed by atoms with E-state index in [-0.39, 0.29) is 22.6 Å². The van der Waals surface area contributed by atoms with Crippen LogP contribution in [0.4, 0.5) is 0 Å². The van der Waals surface area contributed by atoms with Crippen molar-refractivity contribution in [2.45, 2.75) is 57.4 Å². The van der Waals surface area contributed by atoms with E-state index in [1.807, 2.05) is 25.1 Å². The van der Waals surface area contributed by atoms with Gasteiger partial charge in [0.2, 0.25) is 0 Å². The summed E-state index contributed by atoms with van der Waals surface area (Å²) in [5.74, 6) is 0.801. The van der Waals surface area contributed by atoms with Crippen LogP contribution in [0.1, 0.15) is 40.5 Å². The molecule has 2 aliphatic rings. The van der Waals surface area contributed by atoms with E-state index < -0.39 is 11.4 Å². The van der Waals surface area contributed by atoms with Gasteiger partial charge in [0, 0.05) is 11.4 Å². The molecule has 86 valence electrons. The van der Waals surface area contributed by atoms with Gasteiger partial charge in [-0.3, -0.25) is 4.79 Å². The Hall–Kier alpha value is -0.0600. The minimum Gasteiger partial charge on any atom is -0.597 e. The van der Waals surface area contributed by atoms with Gasteiger partial charge in [0.1, 0.15) is 10.8 Å². The molecule has 3 nitrogen and oxygen atoms in total.